The van der Waals surface area contributed by atoms with Crippen LogP contribution in [0.15, 0.2) is 109 Å². The van der Waals surface area contributed by atoms with Crippen LogP contribution >= 0.6 is 0 Å². The number of methoxy groups -OCH3 is 1. The zero-order valence-electron chi connectivity index (χ0n) is 24.9. The first kappa shape index (κ1) is 31.0. The second-order valence-corrected chi connectivity index (χ2v) is 10.4. The molecule has 9 heteroatoms. The highest BCUT2D eigenvalue weighted by atomic mass is 16.5. The smallest absolute Gasteiger partial charge is 0.321 e. The minimum absolute atomic E-state index is 0.183. The lowest BCUT2D eigenvalue weighted by Gasteiger charge is -2.15. The Morgan fingerprint density at radius 3 is 2.29 bits per heavy atom. The van der Waals surface area contributed by atoms with E-state index in [4.69, 9.17) is 14.2 Å². The fraction of sp³-hybridized carbons (Fsp3) is 0.194. The lowest BCUT2D eigenvalue weighted by molar-refractivity contribution is -0.139. The van der Waals surface area contributed by atoms with Crippen LogP contribution in [0.2, 0.25) is 0 Å². The normalized spacial score (nSPS) is 11.5. The number of nitrogens with one attached hydrogen (secondary N) is 2. The summed E-state index contributed by atoms with van der Waals surface area (Å²) in [4.78, 5) is 28.6. The van der Waals surface area contributed by atoms with Gasteiger partial charge in [-0.25, -0.2) is 0 Å². The first-order valence-corrected chi connectivity index (χ1v) is 14.7. The molecule has 0 aliphatic carbocycles. The molecule has 5 rings (SSSR count). The molecule has 3 N–H and O–H groups in total. The number of hydrogen-bond donors (Lipinski definition) is 3. The van der Waals surface area contributed by atoms with Crippen LogP contribution in [0.5, 0.6) is 23.0 Å². The zero-order chi connectivity index (χ0) is 31.4. The van der Waals surface area contributed by atoms with Crippen molar-refractivity contribution in [2.24, 2.45) is 0 Å². The third-order valence-electron chi connectivity index (χ3n) is 7.16. The molecular formula is C36H35N3O6. The van der Waals surface area contributed by atoms with E-state index in [0.717, 1.165) is 23.8 Å². The molecule has 0 aliphatic rings. The van der Waals surface area contributed by atoms with Gasteiger partial charge in [-0.15, -0.1) is 0 Å². The van der Waals surface area contributed by atoms with Gasteiger partial charge in [-0.1, -0.05) is 48.5 Å². The van der Waals surface area contributed by atoms with E-state index < -0.39 is 12.0 Å². The van der Waals surface area contributed by atoms with Gasteiger partial charge in [0.1, 0.15) is 17.5 Å². The summed E-state index contributed by atoms with van der Waals surface area (Å²) >= 11 is 0. The average Bonchev–Trinajstić information content (AvgIpc) is 3.07. The minimum Gasteiger partial charge on any atom is -0.493 e. The number of hydrogen-bond acceptors (Lipinski definition) is 7. The molecule has 0 aliphatic heterocycles. The maximum Gasteiger partial charge on any atom is 0.321 e. The highest BCUT2D eigenvalue weighted by Crippen LogP contribution is 2.37. The summed E-state index contributed by atoms with van der Waals surface area (Å²) in [5.41, 5.74) is 2.90. The summed E-state index contributed by atoms with van der Waals surface area (Å²) in [6, 6.07) is 30.6. The van der Waals surface area contributed by atoms with Crippen LogP contribution in [-0.4, -0.2) is 48.3 Å². The third kappa shape index (κ3) is 8.58. The Kier molecular flexibility index (Phi) is 10.6. The number of aliphatic carboxylic acids is 1. The summed E-state index contributed by atoms with van der Waals surface area (Å²) in [6.07, 6.45) is 3.57. The van der Waals surface area contributed by atoms with Gasteiger partial charge in [-0.05, 0) is 79.9 Å². The number of unbranched alkanes of at least 4 members (excludes halogenated alkanes) is 1. The van der Waals surface area contributed by atoms with Gasteiger partial charge in [0.2, 0.25) is 0 Å². The lowest BCUT2D eigenvalue weighted by Crippen LogP contribution is -2.39. The number of rotatable bonds is 15. The molecular weight excluding hydrogens is 570 g/mol. The van der Waals surface area contributed by atoms with Gasteiger partial charge in [0.05, 0.1) is 19.2 Å². The molecule has 0 radical (unpaired) electrons. The average molecular weight is 606 g/mol. The van der Waals surface area contributed by atoms with Crippen molar-refractivity contribution in [3.05, 3.63) is 120 Å². The Bertz CT molecular complexity index is 1710. The molecule has 0 bridgehead atoms. The van der Waals surface area contributed by atoms with Crippen molar-refractivity contribution in [3.8, 4) is 23.0 Å². The lowest BCUT2D eigenvalue weighted by atomic mass is 10.1. The van der Waals surface area contributed by atoms with E-state index in [-0.39, 0.29) is 5.91 Å². The molecule has 1 heterocycles. The molecule has 1 aromatic heterocycles. The van der Waals surface area contributed by atoms with E-state index in [1.54, 1.807) is 55.8 Å². The van der Waals surface area contributed by atoms with Gasteiger partial charge in [0.25, 0.3) is 5.91 Å². The Morgan fingerprint density at radius 1 is 0.844 bits per heavy atom. The van der Waals surface area contributed by atoms with E-state index in [9.17, 15) is 14.7 Å². The summed E-state index contributed by atoms with van der Waals surface area (Å²) < 4.78 is 17.8. The van der Waals surface area contributed by atoms with Gasteiger partial charge < -0.3 is 30.0 Å². The molecule has 0 unspecified atom stereocenters. The number of benzene rings is 4. The summed E-state index contributed by atoms with van der Waals surface area (Å²) in [6.45, 7) is 0.994. The van der Waals surface area contributed by atoms with Crippen molar-refractivity contribution in [1.82, 2.24) is 10.3 Å². The Balaban J connectivity index is 1.15. The van der Waals surface area contributed by atoms with E-state index in [1.165, 1.54) is 0 Å². The fourth-order valence-electron chi connectivity index (χ4n) is 4.80. The van der Waals surface area contributed by atoms with Gasteiger partial charge in [-0.3, -0.25) is 14.6 Å². The van der Waals surface area contributed by atoms with Gasteiger partial charge >= 0.3 is 5.97 Å². The number of aromatic nitrogens is 1. The second kappa shape index (κ2) is 15.4. The number of carboxylic acid groups (broad SMARTS) is 1. The summed E-state index contributed by atoms with van der Waals surface area (Å²) in [5, 5.41) is 16.4. The predicted octanol–water partition coefficient (Wildman–Crippen LogP) is 6.73. The molecule has 4 aromatic carbocycles. The number of anilines is 1. The number of nitrogens with zero attached hydrogens (tertiary/aromatic N) is 1. The third-order valence-corrected chi connectivity index (χ3v) is 7.16. The van der Waals surface area contributed by atoms with Crippen molar-refractivity contribution in [2.45, 2.75) is 25.3 Å². The number of carbonyl (C=O) groups is 2. The van der Waals surface area contributed by atoms with E-state index >= 15 is 0 Å². The Labute approximate surface area is 261 Å². The van der Waals surface area contributed by atoms with Gasteiger partial charge in [0, 0.05) is 28.9 Å². The van der Waals surface area contributed by atoms with Crippen molar-refractivity contribution >= 4 is 28.5 Å². The number of amides is 1. The predicted molar refractivity (Wildman–Crippen MR) is 174 cm³/mol. The molecule has 1 amide bonds. The molecule has 0 fully saturated rings. The molecule has 0 saturated heterocycles. The molecule has 1 atom stereocenters. The quantitative estimate of drug-likeness (QED) is 0.112. The molecule has 0 saturated carbocycles. The number of pyridine rings is 1. The molecule has 45 heavy (non-hydrogen) atoms. The van der Waals surface area contributed by atoms with E-state index in [0.29, 0.717) is 59.3 Å². The largest absolute Gasteiger partial charge is 0.493 e. The van der Waals surface area contributed by atoms with Gasteiger partial charge in [0.15, 0.2) is 11.5 Å². The van der Waals surface area contributed by atoms with E-state index in [1.807, 2.05) is 60.7 Å². The maximum absolute atomic E-state index is 12.4. The SMILES string of the molecule is COc1cc2c(Oc3ccc(NC(=O)c4ccccc4)cc3)ccnc2cc1OCCCCN[C@@H](Cc1ccccc1)C(=O)O. The standard InChI is InChI=1S/C36H35N3O6/c1-43-33-23-29-30(24-34(33)44-21-9-8-19-37-31(36(41)42)22-25-10-4-2-5-11-25)38-20-18-32(29)45-28-16-14-27(15-17-28)39-35(40)26-12-6-3-7-13-26/h2-7,10-18,20,23-24,31,37H,8-9,19,21-22H2,1H3,(H,39,40)(H,41,42)/t31-/m0/s1. The van der Waals surface area contributed by atoms with Crippen LogP contribution in [0.1, 0.15) is 28.8 Å². The second-order valence-electron chi connectivity index (χ2n) is 10.4. The summed E-state index contributed by atoms with van der Waals surface area (Å²) in [5.74, 6) is 1.26. The van der Waals surface area contributed by atoms with Crippen molar-refractivity contribution in [3.63, 3.8) is 0 Å². The Hall–Kier alpha value is -5.41. The highest BCUT2D eigenvalue weighted by molar-refractivity contribution is 6.04. The van der Waals surface area contributed by atoms with Crippen LogP contribution in [0.3, 0.4) is 0 Å². The van der Waals surface area contributed by atoms with Crippen molar-refractivity contribution < 1.29 is 28.9 Å². The van der Waals surface area contributed by atoms with Gasteiger partial charge in [-0.2, -0.15) is 0 Å². The molecule has 230 valence electrons. The van der Waals surface area contributed by atoms with Crippen LogP contribution < -0.4 is 24.8 Å². The van der Waals surface area contributed by atoms with Crippen molar-refractivity contribution in [1.29, 1.82) is 0 Å². The van der Waals surface area contributed by atoms with Crippen LogP contribution in [-0.2, 0) is 11.2 Å². The molecule has 5 aromatic rings. The maximum atomic E-state index is 12.4. The minimum atomic E-state index is -0.865. The van der Waals surface area contributed by atoms with Crippen LogP contribution in [0.25, 0.3) is 10.9 Å². The fourth-order valence-corrected chi connectivity index (χ4v) is 4.80. The number of carbonyl (C=O) groups excluding carboxylic acids is 1. The number of ether oxygens (including phenoxy) is 3. The van der Waals surface area contributed by atoms with Crippen molar-refractivity contribution in [2.75, 3.05) is 25.6 Å². The first-order chi connectivity index (χ1) is 22.0. The first-order valence-electron chi connectivity index (χ1n) is 14.7. The summed E-state index contributed by atoms with van der Waals surface area (Å²) in [7, 11) is 1.58. The monoisotopic (exact) mass is 605 g/mol. The van der Waals surface area contributed by atoms with E-state index in [2.05, 4.69) is 15.6 Å². The number of carboxylic acids is 1. The zero-order valence-corrected chi connectivity index (χ0v) is 24.9. The van der Waals surface area contributed by atoms with Crippen LogP contribution in [0, 0.1) is 0 Å². The molecule has 0 spiro atoms. The topological polar surface area (TPSA) is 119 Å². The number of fused-ring (bicyclic) bond motifs is 1. The Morgan fingerprint density at radius 2 is 1.58 bits per heavy atom. The van der Waals surface area contributed by atoms with Crippen LogP contribution in [0.4, 0.5) is 5.69 Å². The molecule has 9 nitrogen and oxygen atoms in total. The highest BCUT2D eigenvalue weighted by Gasteiger charge is 2.17.